The minimum atomic E-state index is -0.212. The number of para-hydroxylation sites is 1. The van der Waals surface area contributed by atoms with E-state index in [9.17, 15) is 14.4 Å². The molecule has 1 fully saturated rings. The molecule has 0 aromatic heterocycles. The highest BCUT2D eigenvalue weighted by Gasteiger charge is 2.27. The molecule has 0 atom stereocenters. The average Bonchev–Trinajstić information content (AvgIpc) is 2.68. The van der Waals surface area contributed by atoms with Crippen LogP contribution < -0.4 is 5.32 Å². The average molecular weight is 375 g/mol. The van der Waals surface area contributed by atoms with Gasteiger partial charge in [-0.1, -0.05) is 25.1 Å². The summed E-state index contributed by atoms with van der Waals surface area (Å²) in [4.78, 5) is 39.7. The monoisotopic (exact) mass is 375 g/mol. The van der Waals surface area contributed by atoms with Gasteiger partial charge in [-0.3, -0.25) is 19.3 Å². The lowest BCUT2D eigenvalue weighted by atomic mass is 9.97. The maximum absolute atomic E-state index is 12.4. The van der Waals surface area contributed by atoms with Crippen molar-refractivity contribution in [3.8, 4) is 0 Å². The minimum Gasteiger partial charge on any atom is -0.469 e. The smallest absolute Gasteiger partial charge is 0.308 e. The molecule has 0 unspecified atom stereocenters. The highest BCUT2D eigenvalue weighted by atomic mass is 16.5. The van der Waals surface area contributed by atoms with Gasteiger partial charge in [0, 0.05) is 12.7 Å². The van der Waals surface area contributed by atoms with Crippen molar-refractivity contribution >= 4 is 23.5 Å². The van der Waals surface area contributed by atoms with Crippen LogP contribution in [0.15, 0.2) is 24.3 Å². The van der Waals surface area contributed by atoms with Gasteiger partial charge in [-0.2, -0.15) is 0 Å². The highest BCUT2D eigenvalue weighted by Crippen LogP contribution is 2.18. The van der Waals surface area contributed by atoms with Crippen LogP contribution in [0.5, 0.6) is 0 Å². The first kappa shape index (κ1) is 20.9. The summed E-state index contributed by atoms with van der Waals surface area (Å²) in [6, 6.07) is 7.65. The molecule has 7 nitrogen and oxygen atoms in total. The van der Waals surface area contributed by atoms with Gasteiger partial charge in [-0.05, 0) is 44.0 Å². The Balaban J connectivity index is 1.78. The van der Waals surface area contributed by atoms with E-state index in [0.29, 0.717) is 25.9 Å². The van der Waals surface area contributed by atoms with E-state index >= 15 is 0 Å². The second-order valence-corrected chi connectivity index (χ2v) is 6.88. The lowest BCUT2D eigenvalue weighted by Gasteiger charge is -2.31. The zero-order valence-corrected chi connectivity index (χ0v) is 16.4. The summed E-state index contributed by atoms with van der Waals surface area (Å²) in [6.45, 7) is 3.65. The van der Waals surface area contributed by atoms with Crippen LogP contribution in [-0.4, -0.2) is 67.9 Å². The molecular weight excluding hydrogens is 346 g/mol. The molecule has 1 aliphatic rings. The van der Waals surface area contributed by atoms with E-state index < -0.39 is 0 Å². The molecule has 1 aromatic rings. The van der Waals surface area contributed by atoms with Gasteiger partial charge in [-0.15, -0.1) is 0 Å². The molecule has 1 saturated heterocycles. The number of benzene rings is 1. The van der Waals surface area contributed by atoms with E-state index in [-0.39, 0.29) is 36.8 Å². The molecule has 1 N–H and O–H groups in total. The second-order valence-electron chi connectivity index (χ2n) is 6.88. The van der Waals surface area contributed by atoms with Gasteiger partial charge in [0.25, 0.3) is 0 Å². The van der Waals surface area contributed by atoms with Crippen molar-refractivity contribution in [2.75, 3.05) is 45.7 Å². The molecule has 27 heavy (non-hydrogen) atoms. The van der Waals surface area contributed by atoms with E-state index in [1.165, 1.54) is 12.0 Å². The summed E-state index contributed by atoms with van der Waals surface area (Å²) in [7, 11) is 3.03. The minimum absolute atomic E-state index is 0.00943. The van der Waals surface area contributed by atoms with E-state index in [2.05, 4.69) is 5.32 Å². The summed E-state index contributed by atoms with van der Waals surface area (Å²) in [5, 5.41) is 2.88. The van der Waals surface area contributed by atoms with Crippen LogP contribution in [0.4, 0.5) is 5.69 Å². The Bertz CT molecular complexity index is 669. The van der Waals surface area contributed by atoms with Gasteiger partial charge in [-0.25, -0.2) is 0 Å². The Morgan fingerprint density at radius 1 is 1.22 bits per heavy atom. The summed E-state index contributed by atoms with van der Waals surface area (Å²) >= 11 is 0. The van der Waals surface area contributed by atoms with Crippen LogP contribution >= 0.6 is 0 Å². The molecule has 2 amide bonds. The normalized spacial score (nSPS) is 15.2. The second kappa shape index (κ2) is 10.1. The fourth-order valence-electron chi connectivity index (χ4n) is 3.25. The first-order valence-corrected chi connectivity index (χ1v) is 9.36. The van der Waals surface area contributed by atoms with Gasteiger partial charge >= 0.3 is 5.97 Å². The number of nitrogens with one attached hydrogen (secondary N) is 1. The number of rotatable bonds is 7. The number of carbonyl (C=O) groups excluding carboxylic acids is 3. The number of ether oxygens (including phenoxy) is 1. The fraction of sp³-hybridized carbons (Fsp3) is 0.550. The van der Waals surface area contributed by atoms with Crippen molar-refractivity contribution in [3.63, 3.8) is 0 Å². The van der Waals surface area contributed by atoms with Crippen molar-refractivity contribution in [2.24, 2.45) is 5.92 Å². The first-order chi connectivity index (χ1) is 12.9. The SMILES string of the molecule is CCc1ccccc1NC(=O)CN(C)C(=O)CN1CCC(C(=O)OC)CC1. The van der Waals surface area contributed by atoms with E-state index in [1.807, 2.05) is 36.1 Å². The Hall–Kier alpha value is -2.41. The van der Waals surface area contributed by atoms with Crippen LogP contribution in [0.2, 0.25) is 0 Å². The number of carbonyl (C=O) groups is 3. The molecule has 0 spiro atoms. The van der Waals surface area contributed by atoms with Gasteiger partial charge in [0.05, 0.1) is 26.1 Å². The Morgan fingerprint density at radius 2 is 1.89 bits per heavy atom. The molecule has 0 radical (unpaired) electrons. The molecular formula is C20H29N3O4. The molecule has 148 valence electrons. The number of likely N-dealkylation sites (N-methyl/N-ethyl adjacent to an activating group) is 1. The predicted molar refractivity (Wildman–Crippen MR) is 103 cm³/mol. The largest absolute Gasteiger partial charge is 0.469 e. The van der Waals surface area contributed by atoms with Crippen molar-refractivity contribution in [2.45, 2.75) is 26.2 Å². The Morgan fingerprint density at radius 3 is 2.52 bits per heavy atom. The molecule has 7 heteroatoms. The number of nitrogens with zero attached hydrogens (tertiary/aromatic N) is 2. The highest BCUT2D eigenvalue weighted by molar-refractivity contribution is 5.95. The summed E-state index contributed by atoms with van der Waals surface area (Å²) < 4.78 is 4.78. The van der Waals surface area contributed by atoms with Gasteiger partial charge < -0.3 is 15.0 Å². The van der Waals surface area contributed by atoms with Gasteiger partial charge in [0.1, 0.15) is 0 Å². The van der Waals surface area contributed by atoms with Gasteiger partial charge in [0.15, 0.2) is 0 Å². The zero-order valence-electron chi connectivity index (χ0n) is 16.4. The third-order valence-electron chi connectivity index (χ3n) is 4.96. The molecule has 0 bridgehead atoms. The number of methoxy groups -OCH3 is 1. The van der Waals surface area contributed by atoms with Gasteiger partial charge in [0.2, 0.25) is 11.8 Å². The van der Waals surface area contributed by atoms with E-state index in [0.717, 1.165) is 17.7 Å². The van der Waals surface area contributed by atoms with E-state index in [1.54, 1.807) is 7.05 Å². The maximum atomic E-state index is 12.4. The van der Waals surface area contributed by atoms with Crippen LogP contribution in [-0.2, 0) is 25.5 Å². The molecule has 2 rings (SSSR count). The summed E-state index contributed by atoms with van der Waals surface area (Å²) in [6.07, 6.45) is 2.21. The predicted octanol–water partition coefficient (Wildman–Crippen LogP) is 1.53. The first-order valence-electron chi connectivity index (χ1n) is 9.36. The molecule has 0 saturated carbocycles. The molecule has 1 aliphatic heterocycles. The van der Waals surface area contributed by atoms with Crippen molar-refractivity contribution in [3.05, 3.63) is 29.8 Å². The number of anilines is 1. The summed E-state index contributed by atoms with van der Waals surface area (Å²) in [5.74, 6) is -0.577. The molecule has 1 aromatic carbocycles. The Labute approximate surface area is 160 Å². The number of hydrogen-bond acceptors (Lipinski definition) is 5. The zero-order chi connectivity index (χ0) is 19.8. The molecule has 0 aliphatic carbocycles. The standard InChI is InChI=1S/C20H29N3O4/c1-4-15-7-5-6-8-17(15)21-18(24)13-22(2)19(25)14-23-11-9-16(10-12-23)20(26)27-3/h5-8,16H,4,9-14H2,1-3H3,(H,21,24). The lowest BCUT2D eigenvalue weighted by molar-refractivity contribution is -0.147. The number of hydrogen-bond donors (Lipinski definition) is 1. The summed E-state index contributed by atoms with van der Waals surface area (Å²) in [5.41, 5.74) is 1.85. The van der Waals surface area contributed by atoms with E-state index in [4.69, 9.17) is 4.74 Å². The number of likely N-dealkylation sites (tertiary alicyclic amines) is 1. The molecule has 1 heterocycles. The van der Waals surface area contributed by atoms with Crippen molar-refractivity contribution < 1.29 is 19.1 Å². The third-order valence-corrected chi connectivity index (χ3v) is 4.96. The van der Waals surface area contributed by atoms with Crippen molar-refractivity contribution in [1.29, 1.82) is 0 Å². The fourth-order valence-corrected chi connectivity index (χ4v) is 3.25. The topological polar surface area (TPSA) is 79.0 Å². The number of amides is 2. The number of aryl methyl sites for hydroxylation is 1. The lowest BCUT2D eigenvalue weighted by Crippen LogP contribution is -2.45. The van der Waals surface area contributed by atoms with Crippen LogP contribution in [0.3, 0.4) is 0 Å². The quantitative estimate of drug-likeness (QED) is 0.731. The Kier molecular flexibility index (Phi) is 7.79. The van der Waals surface area contributed by atoms with Crippen LogP contribution in [0, 0.1) is 5.92 Å². The third kappa shape index (κ3) is 6.06. The van der Waals surface area contributed by atoms with Crippen LogP contribution in [0.1, 0.15) is 25.3 Å². The van der Waals surface area contributed by atoms with Crippen molar-refractivity contribution in [1.82, 2.24) is 9.80 Å². The maximum Gasteiger partial charge on any atom is 0.308 e. The number of esters is 1. The van der Waals surface area contributed by atoms with Crippen LogP contribution in [0.25, 0.3) is 0 Å². The number of piperidine rings is 1.